The number of hydrogen-bond donors (Lipinski definition) is 0. The summed E-state index contributed by atoms with van der Waals surface area (Å²) in [5, 5.41) is 0. The van der Waals surface area contributed by atoms with Crippen LogP contribution >= 0.6 is 0 Å². The summed E-state index contributed by atoms with van der Waals surface area (Å²) in [6.45, 7) is 10.9. The maximum Gasteiger partial charge on any atom is 0.418 e. The molecule has 0 bridgehead atoms. The molecule has 2 saturated heterocycles. The highest BCUT2D eigenvalue weighted by atomic mass is 19.4. The number of carbonyl (C=O) groups is 1. The van der Waals surface area contributed by atoms with Crippen molar-refractivity contribution < 1.29 is 27.4 Å². The smallest absolute Gasteiger partial charge is 0.418 e. The van der Waals surface area contributed by atoms with Gasteiger partial charge in [0.1, 0.15) is 25.1 Å². The molecule has 4 heterocycles. The van der Waals surface area contributed by atoms with Crippen LogP contribution in [0.3, 0.4) is 0 Å². The van der Waals surface area contributed by atoms with Crippen molar-refractivity contribution in [3.8, 4) is 6.01 Å². The summed E-state index contributed by atoms with van der Waals surface area (Å²) in [6, 6.07) is 15.0. The number of anilines is 2. The lowest BCUT2D eigenvalue weighted by Gasteiger charge is -2.39. The number of carbonyl (C=O) groups excluding carboxylic acids is 1. The minimum absolute atomic E-state index is 0.0869. The average molecular weight is 664 g/mol. The third-order valence-corrected chi connectivity index (χ3v) is 9.40. The van der Waals surface area contributed by atoms with Crippen molar-refractivity contribution in [2.45, 2.75) is 57.1 Å². The number of likely N-dealkylation sites (N-methyl/N-ethyl adjacent to an activating group) is 1. The van der Waals surface area contributed by atoms with Crippen molar-refractivity contribution in [3.05, 3.63) is 88.4 Å². The van der Waals surface area contributed by atoms with Crippen LogP contribution in [0.4, 0.5) is 29.5 Å². The number of hydrogen-bond acceptors (Lipinski definition) is 8. The number of likely N-dealkylation sites (tertiary alicyclic amines) is 1. The molecule has 254 valence electrons. The summed E-state index contributed by atoms with van der Waals surface area (Å²) < 4.78 is 53.9. The molecule has 1 amide bonds. The number of benzene rings is 2. The highest BCUT2D eigenvalue weighted by Crippen LogP contribution is 2.39. The van der Waals surface area contributed by atoms with Crippen molar-refractivity contribution in [1.82, 2.24) is 19.8 Å². The quantitative estimate of drug-likeness (QED) is 0.286. The molecule has 0 spiro atoms. The Morgan fingerprint density at radius 2 is 1.77 bits per heavy atom. The fraction of sp³-hybridized carbons (Fsp3) is 0.486. The van der Waals surface area contributed by atoms with Crippen LogP contribution in [-0.4, -0.2) is 90.9 Å². The second-order valence-corrected chi connectivity index (χ2v) is 12.6. The highest BCUT2D eigenvalue weighted by Gasteiger charge is 2.38. The molecule has 0 radical (unpaired) electrons. The Hall–Kier alpha value is -4.57. The van der Waals surface area contributed by atoms with Crippen LogP contribution in [0.1, 0.15) is 41.6 Å². The van der Waals surface area contributed by atoms with Crippen LogP contribution in [-0.2, 0) is 30.5 Å². The van der Waals surface area contributed by atoms with Gasteiger partial charge in [-0.05, 0) is 57.0 Å². The molecule has 0 N–H and O–H groups in total. The first-order valence-electron chi connectivity index (χ1n) is 16.4. The zero-order valence-corrected chi connectivity index (χ0v) is 27.0. The molecule has 1 aromatic heterocycles. The van der Waals surface area contributed by atoms with Crippen molar-refractivity contribution in [1.29, 1.82) is 0 Å². The topological polar surface area (TPSA) is 78.6 Å². The van der Waals surface area contributed by atoms with E-state index in [9.17, 15) is 18.0 Å². The molecule has 0 aliphatic carbocycles. The number of amides is 1. The van der Waals surface area contributed by atoms with Crippen LogP contribution in [0.2, 0.25) is 0 Å². The molecule has 3 aliphatic rings. The van der Waals surface area contributed by atoms with Crippen molar-refractivity contribution >= 4 is 17.6 Å². The molecule has 0 unspecified atom stereocenters. The number of piperazine rings is 1. The molecule has 3 aliphatic heterocycles. The van der Waals surface area contributed by atoms with Gasteiger partial charge in [0.25, 0.3) is 0 Å². The minimum atomic E-state index is -4.50. The lowest BCUT2D eigenvalue weighted by atomic mass is 10.1. The Morgan fingerprint density at radius 3 is 2.52 bits per heavy atom. The summed E-state index contributed by atoms with van der Waals surface area (Å²) >= 11 is 0. The lowest BCUT2D eigenvalue weighted by Crippen LogP contribution is -2.56. The number of aromatic nitrogens is 2. The van der Waals surface area contributed by atoms with Crippen molar-refractivity contribution in [2.75, 3.05) is 62.7 Å². The molecule has 6 rings (SSSR count). The van der Waals surface area contributed by atoms with E-state index in [4.69, 9.17) is 26.0 Å². The van der Waals surface area contributed by atoms with Crippen molar-refractivity contribution in [2.24, 2.45) is 0 Å². The van der Waals surface area contributed by atoms with E-state index < -0.39 is 23.9 Å². The van der Waals surface area contributed by atoms with Gasteiger partial charge < -0.3 is 29.0 Å². The van der Waals surface area contributed by atoms with Gasteiger partial charge in [-0.1, -0.05) is 42.5 Å². The Balaban J connectivity index is 1.28. The van der Waals surface area contributed by atoms with E-state index >= 15 is 0 Å². The summed E-state index contributed by atoms with van der Waals surface area (Å²) in [6.07, 6.45) is -1.74. The molecule has 10 nitrogen and oxygen atoms in total. The average Bonchev–Trinajstić information content (AvgIpc) is 3.37. The number of alkyl halides is 3. The zero-order valence-electron chi connectivity index (χ0n) is 27.0. The van der Waals surface area contributed by atoms with Gasteiger partial charge in [-0.25, -0.2) is 11.4 Å². The standard InChI is InChI=1S/C35H40F3N7O3/c1-39-20-27-21-44(18-19-45(27)34(46)48-23-25-10-4-3-5-11-25)32-28-13-9-17-43(31-15-7-6-14-29(31)35(36,37)38)22-30(28)40-33(41-32)47-24-26-12-8-16-42(26)2/h3-7,10-11,14-15,26-27H,8-9,12-13,16-24H2,2H3/t26-,27-/m0/s1. The van der Waals surface area contributed by atoms with Crippen LogP contribution in [0.5, 0.6) is 6.01 Å². The molecular weight excluding hydrogens is 623 g/mol. The first-order chi connectivity index (χ1) is 23.2. The summed E-state index contributed by atoms with van der Waals surface area (Å²) in [5.41, 5.74) is 1.79. The van der Waals surface area contributed by atoms with E-state index in [0.717, 1.165) is 36.6 Å². The fourth-order valence-corrected chi connectivity index (χ4v) is 6.82. The van der Waals surface area contributed by atoms with Gasteiger partial charge in [-0.2, -0.15) is 23.1 Å². The predicted molar refractivity (Wildman–Crippen MR) is 175 cm³/mol. The lowest BCUT2D eigenvalue weighted by molar-refractivity contribution is -0.137. The highest BCUT2D eigenvalue weighted by molar-refractivity contribution is 5.69. The molecule has 0 saturated carbocycles. The number of ether oxygens (including phenoxy) is 2. The summed E-state index contributed by atoms with van der Waals surface area (Å²) in [5.74, 6) is 0.646. The van der Waals surface area contributed by atoms with Crippen LogP contribution in [0, 0.1) is 6.57 Å². The van der Waals surface area contributed by atoms with Crippen LogP contribution in [0.15, 0.2) is 54.6 Å². The largest absolute Gasteiger partial charge is 0.462 e. The van der Waals surface area contributed by atoms with E-state index in [-0.39, 0.29) is 37.4 Å². The second kappa shape index (κ2) is 14.7. The number of nitrogens with zero attached hydrogens (tertiary/aromatic N) is 7. The number of para-hydroxylation sites is 1. The Bertz CT molecular complexity index is 1620. The van der Waals surface area contributed by atoms with E-state index in [0.29, 0.717) is 57.1 Å². The summed E-state index contributed by atoms with van der Waals surface area (Å²) in [7, 11) is 2.06. The van der Waals surface area contributed by atoms with Gasteiger partial charge in [-0.3, -0.25) is 4.90 Å². The van der Waals surface area contributed by atoms with E-state index in [1.807, 2.05) is 30.3 Å². The molecule has 2 fully saturated rings. The SMILES string of the molecule is [C-]#[N+]C[C@H]1CN(c2nc(OC[C@@H]3CCCN3C)nc3c2CCCN(c2ccccc2C(F)(F)F)C3)CCN1C(=O)OCc1ccccc1. The normalized spacial score (nSPS) is 20.2. The Labute approximate surface area is 278 Å². The minimum Gasteiger partial charge on any atom is -0.462 e. The Kier molecular flexibility index (Phi) is 10.2. The third kappa shape index (κ3) is 7.59. The monoisotopic (exact) mass is 663 g/mol. The van der Waals surface area contributed by atoms with Gasteiger partial charge in [-0.15, -0.1) is 0 Å². The number of rotatable bonds is 8. The Morgan fingerprint density at radius 1 is 0.979 bits per heavy atom. The van der Waals surface area contributed by atoms with Gasteiger partial charge in [0.2, 0.25) is 6.54 Å². The number of halogens is 3. The van der Waals surface area contributed by atoms with Crippen LogP contribution in [0.25, 0.3) is 4.85 Å². The molecular formula is C35H40F3N7O3. The molecule has 48 heavy (non-hydrogen) atoms. The molecule has 13 heteroatoms. The molecule has 2 atom stereocenters. The van der Waals surface area contributed by atoms with Gasteiger partial charge >= 0.3 is 18.3 Å². The predicted octanol–water partition coefficient (Wildman–Crippen LogP) is 5.67. The molecule has 3 aromatic rings. The third-order valence-electron chi connectivity index (χ3n) is 9.40. The fourth-order valence-electron chi connectivity index (χ4n) is 6.82. The number of fused-ring (bicyclic) bond motifs is 1. The first-order valence-corrected chi connectivity index (χ1v) is 16.4. The maximum atomic E-state index is 14.0. The summed E-state index contributed by atoms with van der Waals surface area (Å²) in [4.78, 5) is 34.2. The van der Waals surface area contributed by atoms with Gasteiger partial charge in [0.05, 0.1) is 17.8 Å². The molecule has 2 aromatic carbocycles. The second-order valence-electron chi connectivity index (χ2n) is 12.6. The first kappa shape index (κ1) is 33.3. The zero-order chi connectivity index (χ0) is 33.7. The maximum absolute atomic E-state index is 14.0. The van der Waals surface area contributed by atoms with Gasteiger partial charge in [0.15, 0.2) is 0 Å². The van der Waals surface area contributed by atoms with E-state index in [1.54, 1.807) is 15.9 Å². The van der Waals surface area contributed by atoms with E-state index in [2.05, 4.69) is 21.7 Å². The van der Waals surface area contributed by atoms with Crippen molar-refractivity contribution in [3.63, 3.8) is 0 Å². The van der Waals surface area contributed by atoms with E-state index in [1.165, 1.54) is 12.1 Å². The van der Waals surface area contributed by atoms with Gasteiger partial charge in [0, 0.05) is 43.5 Å². The van der Waals surface area contributed by atoms with Crippen LogP contribution < -0.4 is 14.5 Å².